The van der Waals surface area contributed by atoms with Crippen LogP contribution in [0.4, 0.5) is 5.82 Å². The predicted molar refractivity (Wildman–Crippen MR) is 118 cm³/mol. The molecular weight excluding hydrogens is 382 g/mol. The molecule has 3 rings (SSSR count). The zero-order valence-electron chi connectivity index (χ0n) is 17.3. The minimum atomic E-state index is -0.205. The van der Waals surface area contributed by atoms with E-state index in [0.717, 1.165) is 23.3 Å². The van der Waals surface area contributed by atoms with Crippen molar-refractivity contribution in [3.63, 3.8) is 0 Å². The number of carbonyl (C=O) groups is 2. The van der Waals surface area contributed by atoms with Gasteiger partial charge >= 0.3 is 0 Å². The van der Waals surface area contributed by atoms with Gasteiger partial charge in [0.2, 0.25) is 11.8 Å². The van der Waals surface area contributed by atoms with Gasteiger partial charge in [-0.1, -0.05) is 38.1 Å². The SMILES string of the molecule is Cc1cccnc1NC(=O)[C@@H]1CCCN(C(=O)[C@H](Sc2ccccc2)C(C)C)C1. The summed E-state index contributed by atoms with van der Waals surface area (Å²) in [6.07, 6.45) is 3.30. The predicted octanol–water partition coefficient (Wildman–Crippen LogP) is 4.38. The Bertz CT molecular complexity index is 841. The lowest BCUT2D eigenvalue weighted by Gasteiger charge is -2.35. The van der Waals surface area contributed by atoms with Crippen LogP contribution in [0.3, 0.4) is 0 Å². The molecule has 29 heavy (non-hydrogen) atoms. The van der Waals surface area contributed by atoms with E-state index in [1.54, 1.807) is 18.0 Å². The van der Waals surface area contributed by atoms with Gasteiger partial charge in [-0.3, -0.25) is 9.59 Å². The molecule has 0 bridgehead atoms. The van der Waals surface area contributed by atoms with E-state index in [1.165, 1.54) is 0 Å². The summed E-state index contributed by atoms with van der Waals surface area (Å²) in [5.74, 6) is 0.670. The quantitative estimate of drug-likeness (QED) is 0.717. The van der Waals surface area contributed by atoms with Crippen molar-refractivity contribution >= 4 is 29.4 Å². The average molecular weight is 412 g/mol. The Kier molecular flexibility index (Phi) is 7.31. The monoisotopic (exact) mass is 411 g/mol. The lowest BCUT2D eigenvalue weighted by atomic mass is 9.96. The number of piperidine rings is 1. The number of hydrogen-bond acceptors (Lipinski definition) is 4. The summed E-state index contributed by atoms with van der Waals surface area (Å²) in [6.45, 7) is 7.26. The van der Waals surface area contributed by atoms with Gasteiger partial charge in [-0.2, -0.15) is 0 Å². The van der Waals surface area contributed by atoms with Gasteiger partial charge in [0.05, 0.1) is 11.2 Å². The topological polar surface area (TPSA) is 62.3 Å². The molecule has 2 atom stereocenters. The first-order valence-corrected chi connectivity index (χ1v) is 11.1. The average Bonchev–Trinajstić information content (AvgIpc) is 2.74. The third-order valence-corrected chi connectivity index (χ3v) is 6.75. The van der Waals surface area contributed by atoms with E-state index in [2.05, 4.69) is 24.1 Å². The molecule has 1 aromatic carbocycles. The molecule has 0 radical (unpaired) electrons. The minimum absolute atomic E-state index is 0.0545. The van der Waals surface area contributed by atoms with Crippen LogP contribution in [-0.2, 0) is 9.59 Å². The lowest BCUT2D eigenvalue weighted by molar-refractivity contribution is -0.134. The number of benzene rings is 1. The van der Waals surface area contributed by atoms with Crippen LogP contribution < -0.4 is 5.32 Å². The van der Waals surface area contributed by atoms with Crippen LogP contribution in [-0.4, -0.2) is 40.0 Å². The molecule has 2 amide bonds. The van der Waals surface area contributed by atoms with E-state index in [0.29, 0.717) is 18.9 Å². The molecule has 0 spiro atoms. The highest BCUT2D eigenvalue weighted by atomic mass is 32.2. The van der Waals surface area contributed by atoms with Gasteiger partial charge in [0.25, 0.3) is 0 Å². The van der Waals surface area contributed by atoms with Crippen molar-refractivity contribution in [1.29, 1.82) is 0 Å². The maximum absolute atomic E-state index is 13.3. The van der Waals surface area contributed by atoms with E-state index >= 15 is 0 Å². The number of rotatable bonds is 6. The highest BCUT2D eigenvalue weighted by molar-refractivity contribution is 8.00. The Morgan fingerprint density at radius 2 is 1.93 bits per heavy atom. The molecule has 6 heteroatoms. The summed E-state index contributed by atoms with van der Waals surface area (Å²) < 4.78 is 0. The van der Waals surface area contributed by atoms with Crippen LogP contribution >= 0.6 is 11.8 Å². The van der Waals surface area contributed by atoms with E-state index in [1.807, 2.05) is 54.3 Å². The van der Waals surface area contributed by atoms with Gasteiger partial charge in [-0.05, 0) is 49.4 Å². The van der Waals surface area contributed by atoms with Crippen molar-refractivity contribution in [3.8, 4) is 0 Å². The fraction of sp³-hybridized carbons (Fsp3) is 0.435. The van der Waals surface area contributed by atoms with Crippen molar-refractivity contribution in [2.24, 2.45) is 11.8 Å². The van der Waals surface area contributed by atoms with Crippen molar-refractivity contribution in [2.45, 2.75) is 43.8 Å². The lowest BCUT2D eigenvalue weighted by Crippen LogP contribution is -2.47. The zero-order chi connectivity index (χ0) is 20.8. The van der Waals surface area contributed by atoms with Gasteiger partial charge in [-0.15, -0.1) is 11.8 Å². The number of amides is 2. The number of nitrogens with one attached hydrogen (secondary N) is 1. The Morgan fingerprint density at radius 3 is 2.62 bits per heavy atom. The number of hydrogen-bond donors (Lipinski definition) is 1. The summed E-state index contributed by atoms with van der Waals surface area (Å²) in [5.41, 5.74) is 0.934. The van der Waals surface area contributed by atoms with Gasteiger partial charge in [0.15, 0.2) is 0 Å². The number of anilines is 1. The minimum Gasteiger partial charge on any atom is -0.341 e. The second kappa shape index (κ2) is 9.92. The maximum atomic E-state index is 13.3. The van der Waals surface area contributed by atoms with E-state index in [9.17, 15) is 9.59 Å². The molecule has 2 heterocycles. The van der Waals surface area contributed by atoms with Gasteiger partial charge < -0.3 is 10.2 Å². The molecule has 1 aromatic heterocycles. The fourth-order valence-electron chi connectivity index (χ4n) is 3.52. The molecule has 2 aromatic rings. The van der Waals surface area contributed by atoms with Crippen LogP contribution in [0.1, 0.15) is 32.3 Å². The molecule has 0 unspecified atom stereocenters. The molecule has 1 saturated heterocycles. The second-order valence-electron chi connectivity index (χ2n) is 7.88. The molecule has 0 aliphatic carbocycles. The van der Waals surface area contributed by atoms with E-state index in [4.69, 9.17) is 0 Å². The largest absolute Gasteiger partial charge is 0.341 e. The number of pyridine rings is 1. The van der Waals surface area contributed by atoms with Gasteiger partial charge in [0.1, 0.15) is 5.82 Å². The fourth-order valence-corrected chi connectivity index (χ4v) is 4.65. The molecule has 0 saturated carbocycles. The molecule has 5 nitrogen and oxygen atoms in total. The van der Waals surface area contributed by atoms with Crippen molar-refractivity contribution in [1.82, 2.24) is 9.88 Å². The second-order valence-corrected chi connectivity index (χ2v) is 9.09. The van der Waals surface area contributed by atoms with Crippen molar-refractivity contribution in [2.75, 3.05) is 18.4 Å². The van der Waals surface area contributed by atoms with Crippen molar-refractivity contribution in [3.05, 3.63) is 54.2 Å². The normalized spacial score (nSPS) is 17.8. The molecule has 1 fully saturated rings. The van der Waals surface area contributed by atoms with Crippen LogP contribution in [0.2, 0.25) is 0 Å². The first kappa shape index (κ1) is 21.4. The standard InChI is InChI=1S/C23H29N3O2S/c1-16(2)20(29-19-11-5-4-6-12-19)23(28)26-14-8-10-18(15-26)22(27)25-21-17(3)9-7-13-24-21/h4-7,9,11-13,16,18,20H,8,10,14-15H2,1-3H3,(H,24,25,27)/t18-,20-/m1/s1. The van der Waals surface area contributed by atoms with Crippen LogP contribution in [0, 0.1) is 18.8 Å². The number of thioether (sulfide) groups is 1. The summed E-state index contributed by atoms with van der Waals surface area (Å²) in [7, 11) is 0. The van der Waals surface area contributed by atoms with E-state index in [-0.39, 0.29) is 28.9 Å². The summed E-state index contributed by atoms with van der Waals surface area (Å²) in [4.78, 5) is 33.3. The number of aromatic nitrogens is 1. The summed E-state index contributed by atoms with van der Waals surface area (Å²) >= 11 is 1.61. The summed E-state index contributed by atoms with van der Waals surface area (Å²) in [6, 6.07) is 13.8. The van der Waals surface area contributed by atoms with E-state index < -0.39 is 0 Å². The van der Waals surface area contributed by atoms with Crippen LogP contribution in [0.15, 0.2) is 53.6 Å². The van der Waals surface area contributed by atoms with Gasteiger partial charge in [-0.25, -0.2) is 4.98 Å². The van der Waals surface area contributed by atoms with Crippen LogP contribution in [0.5, 0.6) is 0 Å². The van der Waals surface area contributed by atoms with Crippen LogP contribution in [0.25, 0.3) is 0 Å². The number of carbonyl (C=O) groups excluding carboxylic acids is 2. The Labute approximate surface area is 177 Å². The third-order valence-electron chi connectivity index (χ3n) is 5.21. The zero-order valence-corrected chi connectivity index (χ0v) is 18.1. The molecule has 1 aliphatic heterocycles. The Hall–Kier alpha value is -2.34. The first-order valence-electron chi connectivity index (χ1n) is 10.2. The maximum Gasteiger partial charge on any atom is 0.236 e. The highest BCUT2D eigenvalue weighted by Gasteiger charge is 2.33. The number of aryl methyl sites for hydroxylation is 1. The molecule has 1 aliphatic rings. The number of likely N-dealkylation sites (tertiary alicyclic amines) is 1. The summed E-state index contributed by atoms with van der Waals surface area (Å²) in [5, 5.41) is 2.78. The van der Waals surface area contributed by atoms with Crippen molar-refractivity contribution < 1.29 is 9.59 Å². The Morgan fingerprint density at radius 1 is 1.17 bits per heavy atom. The smallest absolute Gasteiger partial charge is 0.236 e. The molecule has 1 N–H and O–H groups in total. The first-order chi connectivity index (χ1) is 14.0. The van der Waals surface area contributed by atoms with Gasteiger partial charge in [0, 0.05) is 24.2 Å². The molecule has 154 valence electrons. The molecular formula is C23H29N3O2S. The highest BCUT2D eigenvalue weighted by Crippen LogP contribution is 2.31. The third kappa shape index (κ3) is 5.60. The number of nitrogens with zero attached hydrogens (tertiary/aromatic N) is 2. The Balaban J connectivity index is 1.66.